The predicted octanol–water partition coefficient (Wildman–Crippen LogP) is 4.92. The van der Waals surface area contributed by atoms with Crippen LogP contribution < -0.4 is 10.6 Å². The van der Waals surface area contributed by atoms with Gasteiger partial charge in [0.15, 0.2) is 0 Å². The lowest BCUT2D eigenvalue weighted by Crippen LogP contribution is -2.46. The first-order chi connectivity index (χ1) is 20.8. The van der Waals surface area contributed by atoms with Crippen LogP contribution in [0.3, 0.4) is 0 Å². The number of amides is 1. The fourth-order valence-electron chi connectivity index (χ4n) is 6.27. The molecule has 3 N–H and O–H groups in total. The number of hydrogen-bond acceptors (Lipinski definition) is 7. The maximum absolute atomic E-state index is 14.8. The Kier molecular flexibility index (Phi) is 7.91. The lowest BCUT2D eigenvalue weighted by Gasteiger charge is -2.33. The van der Waals surface area contributed by atoms with Crippen molar-refractivity contribution in [2.24, 2.45) is 0 Å². The van der Waals surface area contributed by atoms with Crippen LogP contribution in [0.4, 0.5) is 23.2 Å². The summed E-state index contributed by atoms with van der Waals surface area (Å²) in [6.45, 7) is 1.36. The third-order valence-corrected chi connectivity index (χ3v) is 8.56. The molecular weight excluding hydrogens is 582 g/mol. The molecule has 2 aliphatic rings. The fourth-order valence-corrected chi connectivity index (χ4v) is 6.27. The van der Waals surface area contributed by atoms with Crippen LogP contribution in [0.25, 0.3) is 22.4 Å². The Morgan fingerprint density at radius 2 is 2.07 bits per heavy atom. The van der Waals surface area contributed by atoms with Gasteiger partial charge in [-0.3, -0.25) is 4.79 Å². The van der Waals surface area contributed by atoms with Crippen molar-refractivity contribution in [2.75, 3.05) is 25.5 Å². The monoisotopic (exact) mass is 617 g/mol. The zero-order chi connectivity index (χ0) is 31.2. The molecule has 2 fully saturated rings. The molecule has 4 aromatic rings. The first-order valence-electron chi connectivity index (χ1n) is 14.6. The Morgan fingerprint density at radius 1 is 1.25 bits per heavy atom. The van der Waals surface area contributed by atoms with Crippen LogP contribution in [0.1, 0.15) is 54.9 Å². The quantitative estimate of drug-likeness (QED) is 0.241. The van der Waals surface area contributed by atoms with Crippen molar-refractivity contribution >= 4 is 22.5 Å². The van der Waals surface area contributed by atoms with Gasteiger partial charge < -0.3 is 34.3 Å². The molecule has 10 nitrogen and oxygen atoms in total. The van der Waals surface area contributed by atoms with Gasteiger partial charge in [-0.1, -0.05) is 11.2 Å². The number of fused-ring (bicyclic) bond motifs is 1. The number of likely N-dealkylation sites (tertiary alicyclic amines) is 1. The largest absolute Gasteiger partial charge is 0.406 e. The summed E-state index contributed by atoms with van der Waals surface area (Å²) in [7, 11) is 1.85. The first-order valence-corrected chi connectivity index (χ1v) is 14.6. The summed E-state index contributed by atoms with van der Waals surface area (Å²) < 4.78 is 64.2. The highest BCUT2D eigenvalue weighted by Crippen LogP contribution is 2.38. The highest BCUT2D eigenvalue weighted by atomic mass is 19.4. The normalized spacial score (nSPS) is 24.7. The Labute approximate surface area is 251 Å². The van der Waals surface area contributed by atoms with Gasteiger partial charge in [-0.15, -0.1) is 0 Å². The van der Waals surface area contributed by atoms with E-state index in [0.717, 1.165) is 11.0 Å². The molecule has 236 valence electrons. The number of alkyl halides is 4. The van der Waals surface area contributed by atoms with Gasteiger partial charge in [-0.2, -0.15) is 18.2 Å². The molecule has 44 heavy (non-hydrogen) atoms. The molecule has 4 heterocycles. The van der Waals surface area contributed by atoms with Crippen LogP contribution in [0.2, 0.25) is 0 Å². The second kappa shape index (κ2) is 11.5. The third-order valence-electron chi connectivity index (χ3n) is 8.56. The van der Waals surface area contributed by atoms with Gasteiger partial charge in [0.05, 0.1) is 35.0 Å². The van der Waals surface area contributed by atoms with E-state index in [0.29, 0.717) is 48.0 Å². The lowest BCUT2D eigenvalue weighted by atomic mass is 10.0. The van der Waals surface area contributed by atoms with Gasteiger partial charge in [0, 0.05) is 42.6 Å². The van der Waals surface area contributed by atoms with E-state index in [9.17, 15) is 27.5 Å². The maximum Gasteiger partial charge on any atom is 0.406 e. The number of nitrogens with one attached hydrogen (secondary N) is 2. The minimum atomic E-state index is -4.53. The highest BCUT2D eigenvalue weighted by Gasteiger charge is 2.34. The van der Waals surface area contributed by atoms with Crippen molar-refractivity contribution in [1.29, 1.82) is 0 Å². The first kappa shape index (κ1) is 30.1. The van der Waals surface area contributed by atoms with Crippen LogP contribution in [-0.4, -0.2) is 79.3 Å². The number of nitrogens with zero attached hydrogens (tertiary/aromatic N) is 5. The number of piperidine rings is 1. The molecule has 4 atom stereocenters. The fraction of sp³-hybridized carbons (Fsp3) is 0.500. The van der Waals surface area contributed by atoms with Crippen molar-refractivity contribution in [2.45, 2.75) is 75.7 Å². The maximum atomic E-state index is 14.8. The lowest BCUT2D eigenvalue weighted by molar-refractivity contribution is -0.139. The molecule has 1 saturated heterocycles. The second-order valence-corrected chi connectivity index (χ2v) is 12.2. The average Bonchev–Trinajstić information content (AvgIpc) is 3.74. The Balaban J connectivity index is 1.20. The summed E-state index contributed by atoms with van der Waals surface area (Å²) in [6, 6.07) is 7.76. The standard InChI is InChI=1S/C30H35F4N7O3/c1-29(43)9-6-19(13-29)40-11-7-18(15-40)28(42)35-14-26-37-27(38-44-26)25-12-20-22(36-23-8-10-39(2)16-21(23)31)4-3-5-24(20)41(25)17-30(32,33)34/h3-5,7,11-12,15,19,21,23,36,43H,6,8-10,13-14,16-17H2,1-2H3,(H,35,42)/t19-,21-,23+,29-/m0/s1. The summed E-state index contributed by atoms with van der Waals surface area (Å²) in [5.41, 5.74) is 0.588. The molecule has 6 rings (SSSR count). The van der Waals surface area contributed by atoms with E-state index in [1.54, 1.807) is 49.6 Å². The van der Waals surface area contributed by atoms with E-state index in [4.69, 9.17) is 4.52 Å². The molecule has 0 radical (unpaired) electrons. The zero-order valence-corrected chi connectivity index (χ0v) is 24.4. The number of carbonyl (C=O) groups is 1. The second-order valence-electron chi connectivity index (χ2n) is 12.2. The number of anilines is 1. The molecular formula is C30H35F4N7O3. The molecule has 0 bridgehead atoms. The van der Waals surface area contributed by atoms with Crippen LogP contribution in [0, 0.1) is 0 Å². The van der Waals surface area contributed by atoms with Gasteiger partial charge in [0.25, 0.3) is 5.91 Å². The van der Waals surface area contributed by atoms with E-state index >= 15 is 0 Å². The molecule has 0 unspecified atom stereocenters. The van der Waals surface area contributed by atoms with E-state index in [1.165, 1.54) is 0 Å². The van der Waals surface area contributed by atoms with Gasteiger partial charge in [0.1, 0.15) is 12.7 Å². The molecule has 0 spiro atoms. The minimum absolute atomic E-state index is 0.0217. The van der Waals surface area contributed by atoms with Gasteiger partial charge in [-0.25, -0.2) is 4.39 Å². The van der Waals surface area contributed by atoms with E-state index in [-0.39, 0.29) is 42.4 Å². The third kappa shape index (κ3) is 6.46. The highest BCUT2D eigenvalue weighted by molar-refractivity contribution is 5.96. The minimum Gasteiger partial charge on any atom is -0.390 e. The Hall–Kier alpha value is -3.91. The van der Waals surface area contributed by atoms with Crippen molar-refractivity contribution in [3.63, 3.8) is 0 Å². The predicted molar refractivity (Wildman–Crippen MR) is 155 cm³/mol. The average molecular weight is 618 g/mol. The van der Waals surface area contributed by atoms with Gasteiger partial charge >= 0.3 is 6.18 Å². The molecule has 3 aromatic heterocycles. The SMILES string of the molecule is CN1CC[C@@H](Nc2cccc3c2cc(-c2noc(CNC(=O)c4ccn([C@H]5CC[C@](C)(O)C5)c4)n2)n3CC(F)(F)F)[C@@H](F)C1. The number of aromatic nitrogens is 4. The molecule has 14 heteroatoms. The van der Waals surface area contributed by atoms with Gasteiger partial charge in [-0.05, 0) is 63.9 Å². The number of benzene rings is 1. The molecule has 1 aromatic carbocycles. The van der Waals surface area contributed by atoms with Crippen LogP contribution in [0.15, 0.2) is 47.2 Å². The number of hydrogen-bond donors (Lipinski definition) is 3. The Morgan fingerprint density at radius 3 is 2.80 bits per heavy atom. The van der Waals surface area contributed by atoms with Crippen molar-refractivity contribution < 1.29 is 32.0 Å². The van der Waals surface area contributed by atoms with Gasteiger partial charge in [0.2, 0.25) is 11.7 Å². The molecule has 1 saturated carbocycles. The van der Waals surface area contributed by atoms with Crippen molar-refractivity contribution in [3.05, 3.63) is 54.2 Å². The zero-order valence-electron chi connectivity index (χ0n) is 24.4. The number of rotatable bonds is 8. The van der Waals surface area contributed by atoms with E-state index < -0.39 is 30.5 Å². The number of carbonyl (C=O) groups excluding carboxylic acids is 1. The summed E-state index contributed by atoms with van der Waals surface area (Å²) in [6.07, 6.45) is 0.508. The number of halogens is 4. The summed E-state index contributed by atoms with van der Waals surface area (Å²) >= 11 is 0. The van der Waals surface area contributed by atoms with E-state index in [1.807, 2.05) is 16.5 Å². The Bertz CT molecular complexity index is 1640. The topological polar surface area (TPSA) is 113 Å². The summed E-state index contributed by atoms with van der Waals surface area (Å²) in [5, 5.41) is 20.6. The van der Waals surface area contributed by atoms with Crippen molar-refractivity contribution in [1.82, 2.24) is 29.5 Å². The number of aliphatic hydroxyl groups is 1. The molecule has 1 aliphatic carbocycles. The van der Waals surface area contributed by atoms with Crippen LogP contribution >= 0.6 is 0 Å². The summed E-state index contributed by atoms with van der Waals surface area (Å²) in [4.78, 5) is 19.0. The van der Waals surface area contributed by atoms with Crippen molar-refractivity contribution in [3.8, 4) is 11.5 Å². The summed E-state index contributed by atoms with van der Waals surface area (Å²) in [5.74, 6) is -0.425. The van der Waals surface area contributed by atoms with Crippen LogP contribution in [-0.2, 0) is 13.1 Å². The van der Waals surface area contributed by atoms with E-state index in [2.05, 4.69) is 20.8 Å². The molecule has 1 aliphatic heterocycles. The molecule has 1 amide bonds. The smallest absolute Gasteiger partial charge is 0.390 e. The van der Waals surface area contributed by atoms with Crippen LogP contribution in [0.5, 0.6) is 0 Å².